The molecule has 3 rings (SSSR count). The molecule has 0 unspecified atom stereocenters. The second-order valence-electron chi connectivity index (χ2n) is 7.00. The lowest BCUT2D eigenvalue weighted by molar-refractivity contribution is -0.136. The van der Waals surface area contributed by atoms with Crippen LogP contribution in [-0.2, 0) is 9.53 Å². The van der Waals surface area contributed by atoms with Crippen molar-refractivity contribution in [3.8, 4) is 5.75 Å². The number of hydrogen-bond acceptors (Lipinski definition) is 7. The predicted octanol–water partition coefficient (Wildman–Crippen LogP) is 1.10. The van der Waals surface area contributed by atoms with Crippen LogP contribution >= 0.6 is 0 Å². The van der Waals surface area contributed by atoms with Gasteiger partial charge in [-0.2, -0.15) is 0 Å². The van der Waals surface area contributed by atoms with Crippen LogP contribution in [0.15, 0.2) is 36.7 Å². The highest BCUT2D eigenvalue weighted by Crippen LogP contribution is 2.16. The molecule has 3 amide bonds. The van der Waals surface area contributed by atoms with E-state index in [1.807, 2.05) is 0 Å². The molecule has 0 bridgehead atoms. The van der Waals surface area contributed by atoms with E-state index >= 15 is 0 Å². The minimum absolute atomic E-state index is 0.0299. The maximum absolute atomic E-state index is 12.8. The van der Waals surface area contributed by atoms with Crippen LogP contribution in [0.25, 0.3) is 0 Å². The number of amides is 3. The third-order valence-corrected chi connectivity index (χ3v) is 4.95. The van der Waals surface area contributed by atoms with Gasteiger partial charge in [-0.15, -0.1) is 0 Å². The molecular weight excluding hydrogens is 402 g/mol. The van der Waals surface area contributed by atoms with E-state index in [0.29, 0.717) is 37.2 Å². The summed E-state index contributed by atoms with van der Waals surface area (Å²) in [5.41, 5.74) is 0.424. The van der Waals surface area contributed by atoms with Gasteiger partial charge in [-0.3, -0.25) is 14.4 Å². The van der Waals surface area contributed by atoms with Crippen molar-refractivity contribution in [1.29, 1.82) is 0 Å². The van der Waals surface area contributed by atoms with Crippen LogP contribution in [0.2, 0.25) is 0 Å². The third kappa shape index (κ3) is 5.76. The van der Waals surface area contributed by atoms with Gasteiger partial charge >= 0.3 is 0 Å². The minimum Gasteiger partial charge on any atom is -0.497 e. The Kier molecular flexibility index (Phi) is 7.50. The van der Waals surface area contributed by atoms with Crippen LogP contribution in [0.1, 0.15) is 33.7 Å². The van der Waals surface area contributed by atoms with Crippen LogP contribution in [0.3, 0.4) is 0 Å². The zero-order valence-electron chi connectivity index (χ0n) is 17.5. The van der Waals surface area contributed by atoms with Gasteiger partial charge in [0, 0.05) is 44.2 Å². The topological polar surface area (TPSA) is 123 Å². The van der Waals surface area contributed by atoms with Gasteiger partial charge in [0.2, 0.25) is 5.91 Å². The maximum atomic E-state index is 12.8. The molecule has 0 aliphatic carbocycles. The Labute approximate surface area is 180 Å². The van der Waals surface area contributed by atoms with Gasteiger partial charge in [0.1, 0.15) is 12.4 Å². The molecule has 1 aromatic carbocycles. The molecule has 0 atom stereocenters. The van der Waals surface area contributed by atoms with Crippen molar-refractivity contribution in [2.24, 2.45) is 0 Å². The fourth-order valence-corrected chi connectivity index (χ4v) is 3.26. The number of anilines is 1. The van der Waals surface area contributed by atoms with Gasteiger partial charge in [0.15, 0.2) is 11.5 Å². The number of piperidine rings is 1. The number of carbonyl (C=O) groups is 3. The molecule has 10 heteroatoms. The summed E-state index contributed by atoms with van der Waals surface area (Å²) in [5, 5.41) is 5.55. The number of ether oxygens (including phenoxy) is 2. The fraction of sp³-hybridized carbons (Fsp3) is 0.381. The number of nitrogens with zero attached hydrogens (tertiary/aromatic N) is 3. The summed E-state index contributed by atoms with van der Waals surface area (Å²) in [5.74, 6) is -0.202. The number of hydrogen-bond donors (Lipinski definition) is 2. The molecular formula is C21H25N5O5. The summed E-state index contributed by atoms with van der Waals surface area (Å²) in [6.07, 6.45) is 4.04. The van der Waals surface area contributed by atoms with E-state index in [1.165, 1.54) is 19.5 Å². The van der Waals surface area contributed by atoms with Crippen molar-refractivity contribution in [2.45, 2.75) is 18.9 Å². The molecule has 0 saturated carbocycles. The average molecular weight is 427 g/mol. The lowest BCUT2D eigenvalue weighted by Gasteiger charge is -2.32. The first-order valence-corrected chi connectivity index (χ1v) is 9.85. The first-order chi connectivity index (χ1) is 15.0. The van der Waals surface area contributed by atoms with Crippen molar-refractivity contribution in [3.63, 3.8) is 0 Å². The number of aromatic nitrogens is 2. The smallest absolute Gasteiger partial charge is 0.273 e. The van der Waals surface area contributed by atoms with Crippen molar-refractivity contribution in [2.75, 3.05) is 39.2 Å². The molecule has 1 aliphatic heterocycles. The van der Waals surface area contributed by atoms with Gasteiger partial charge in [-0.25, -0.2) is 9.97 Å². The Morgan fingerprint density at radius 2 is 1.71 bits per heavy atom. The van der Waals surface area contributed by atoms with Gasteiger partial charge in [0.05, 0.1) is 7.11 Å². The Bertz CT molecular complexity index is 926. The molecule has 0 radical (unpaired) electrons. The molecule has 2 aromatic rings. The third-order valence-electron chi connectivity index (χ3n) is 4.95. The van der Waals surface area contributed by atoms with Crippen molar-refractivity contribution in [3.05, 3.63) is 47.9 Å². The Hall–Kier alpha value is -3.53. The van der Waals surface area contributed by atoms with Gasteiger partial charge < -0.3 is 25.0 Å². The summed E-state index contributed by atoms with van der Waals surface area (Å²) in [7, 11) is 3.03. The van der Waals surface area contributed by atoms with Crippen LogP contribution < -0.4 is 15.4 Å². The standard InChI is InChI=1S/C21H25N5O5/c1-30-13-17(27)26-11-7-15(8-12-26)24-21(29)18-19(23-10-9-22-18)25-20(28)14-3-5-16(31-2)6-4-14/h3-6,9-10,15H,7-8,11-13H2,1-2H3,(H,24,29)(H,23,25,28). The molecule has 2 heterocycles. The van der Waals surface area contributed by atoms with E-state index in [0.717, 1.165) is 0 Å². The first-order valence-electron chi connectivity index (χ1n) is 9.85. The number of nitrogens with one attached hydrogen (secondary N) is 2. The van der Waals surface area contributed by atoms with Gasteiger partial charge in [-0.05, 0) is 37.1 Å². The van der Waals surface area contributed by atoms with Gasteiger partial charge in [0.25, 0.3) is 11.8 Å². The monoisotopic (exact) mass is 427 g/mol. The molecule has 2 N–H and O–H groups in total. The number of likely N-dealkylation sites (tertiary alicyclic amines) is 1. The lowest BCUT2D eigenvalue weighted by Crippen LogP contribution is -2.47. The zero-order valence-corrected chi connectivity index (χ0v) is 17.5. The lowest BCUT2D eigenvalue weighted by atomic mass is 10.0. The zero-order chi connectivity index (χ0) is 22.2. The highest BCUT2D eigenvalue weighted by molar-refractivity contribution is 6.07. The quantitative estimate of drug-likeness (QED) is 0.678. The molecule has 31 heavy (non-hydrogen) atoms. The average Bonchev–Trinajstić information content (AvgIpc) is 2.80. The second kappa shape index (κ2) is 10.5. The Morgan fingerprint density at radius 1 is 1.03 bits per heavy atom. The summed E-state index contributed by atoms with van der Waals surface area (Å²) in [6, 6.07) is 6.46. The highest BCUT2D eigenvalue weighted by atomic mass is 16.5. The number of carbonyl (C=O) groups excluding carboxylic acids is 3. The van der Waals surface area contributed by atoms with Crippen LogP contribution in [-0.4, -0.2) is 72.5 Å². The van der Waals surface area contributed by atoms with Crippen LogP contribution in [0.5, 0.6) is 5.75 Å². The van der Waals surface area contributed by atoms with E-state index in [4.69, 9.17) is 9.47 Å². The molecule has 1 aliphatic rings. The highest BCUT2D eigenvalue weighted by Gasteiger charge is 2.25. The van der Waals surface area contributed by atoms with Crippen molar-refractivity contribution in [1.82, 2.24) is 20.2 Å². The van der Waals surface area contributed by atoms with Gasteiger partial charge in [-0.1, -0.05) is 0 Å². The van der Waals surface area contributed by atoms with E-state index < -0.39 is 11.8 Å². The minimum atomic E-state index is -0.431. The molecule has 1 aromatic heterocycles. The van der Waals surface area contributed by atoms with Crippen molar-refractivity contribution >= 4 is 23.5 Å². The number of benzene rings is 1. The predicted molar refractivity (Wildman–Crippen MR) is 112 cm³/mol. The SMILES string of the molecule is COCC(=O)N1CCC(NC(=O)c2nccnc2NC(=O)c2ccc(OC)cc2)CC1. The fourth-order valence-electron chi connectivity index (χ4n) is 3.26. The largest absolute Gasteiger partial charge is 0.497 e. The number of methoxy groups -OCH3 is 2. The molecule has 0 spiro atoms. The van der Waals surface area contributed by atoms with Crippen LogP contribution in [0.4, 0.5) is 5.82 Å². The first kappa shape index (κ1) is 22.2. The Balaban J connectivity index is 1.61. The number of rotatable bonds is 7. The molecule has 1 saturated heterocycles. The van der Waals surface area contributed by atoms with E-state index in [1.54, 1.807) is 36.3 Å². The van der Waals surface area contributed by atoms with Crippen molar-refractivity contribution < 1.29 is 23.9 Å². The summed E-state index contributed by atoms with van der Waals surface area (Å²) < 4.78 is 9.96. The normalized spacial score (nSPS) is 14.1. The Morgan fingerprint density at radius 3 is 2.35 bits per heavy atom. The van der Waals surface area contributed by atoms with Crippen LogP contribution in [0, 0.1) is 0 Å². The molecule has 1 fully saturated rings. The summed E-state index contributed by atoms with van der Waals surface area (Å²) in [4.78, 5) is 47.1. The maximum Gasteiger partial charge on any atom is 0.273 e. The molecule has 164 valence electrons. The molecule has 10 nitrogen and oxygen atoms in total. The van der Waals surface area contributed by atoms with E-state index in [2.05, 4.69) is 20.6 Å². The summed E-state index contributed by atoms with van der Waals surface area (Å²) in [6.45, 7) is 1.12. The second-order valence-corrected chi connectivity index (χ2v) is 7.00. The van der Waals surface area contributed by atoms with E-state index in [-0.39, 0.29) is 30.1 Å². The summed E-state index contributed by atoms with van der Waals surface area (Å²) >= 11 is 0. The van der Waals surface area contributed by atoms with E-state index in [9.17, 15) is 14.4 Å².